The number of carbonyl (C=O) groups excluding carboxylic acids is 1. The largest absolute Gasteiger partial charge is 0.268 e. The molecule has 2 aromatic carbocycles. The number of thioether (sulfide) groups is 2. The molecule has 1 aliphatic carbocycles. The van der Waals surface area contributed by atoms with Gasteiger partial charge in [0, 0.05) is 21.6 Å². The molecule has 2 aromatic rings. The molecule has 0 heterocycles. The number of hydrogen-bond donors (Lipinski definition) is 1. The van der Waals surface area contributed by atoms with Crippen LogP contribution in [0.3, 0.4) is 0 Å². The number of hydrazone groups is 1. The van der Waals surface area contributed by atoms with Gasteiger partial charge in [0.2, 0.25) is 0 Å². The third-order valence-electron chi connectivity index (χ3n) is 3.68. The van der Waals surface area contributed by atoms with E-state index in [1.165, 1.54) is 12.8 Å². The molecule has 0 bridgehead atoms. The first-order valence-corrected chi connectivity index (χ1v) is 9.96. The normalized spacial score (nSPS) is 13.4. The van der Waals surface area contributed by atoms with Crippen LogP contribution < -0.4 is 5.43 Å². The first-order valence-electron chi connectivity index (χ1n) is 8.32. The van der Waals surface area contributed by atoms with Crippen LogP contribution in [-0.2, 0) is 4.79 Å². The number of amides is 1. The minimum absolute atomic E-state index is 0.179. The van der Waals surface area contributed by atoms with Gasteiger partial charge in [-0.1, -0.05) is 59.9 Å². The average Bonchev–Trinajstić information content (AvgIpc) is 3.15. The summed E-state index contributed by atoms with van der Waals surface area (Å²) < 4.78 is 0.918. The van der Waals surface area contributed by atoms with Gasteiger partial charge in [-0.15, -0.1) is 0 Å². The summed E-state index contributed by atoms with van der Waals surface area (Å²) in [4.78, 5) is 14.5. The van der Waals surface area contributed by atoms with Gasteiger partial charge in [0.05, 0.1) is 4.24 Å². The summed E-state index contributed by atoms with van der Waals surface area (Å²) in [5.41, 5.74) is 3.76. The van der Waals surface area contributed by atoms with Gasteiger partial charge in [0.25, 0.3) is 5.91 Å². The minimum atomic E-state index is -0.179. The zero-order valence-corrected chi connectivity index (χ0v) is 15.5. The van der Waals surface area contributed by atoms with Gasteiger partial charge in [-0.05, 0) is 49.9 Å². The van der Waals surface area contributed by atoms with Crippen LogP contribution in [0.25, 0.3) is 0 Å². The van der Waals surface area contributed by atoms with Gasteiger partial charge in [-0.3, -0.25) is 4.79 Å². The van der Waals surface area contributed by atoms with Crippen molar-refractivity contribution >= 4 is 35.1 Å². The number of carbonyl (C=O) groups is 1. The van der Waals surface area contributed by atoms with Gasteiger partial charge in [0.1, 0.15) is 0 Å². The number of rotatable bonds is 6. The van der Waals surface area contributed by atoms with Crippen LogP contribution in [0.15, 0.2) is 85.9 Å². The van der Waals surface area contributed by atoms with E-state index in [1.54, 1.807) is 29.6 Å². The minimum Gasteiger partial charge on any atom is -0.268 e. The molecule has 0 saturated heterocycles. The molecule has 0 spiro atoms. The highest BCUT2D eigenvalue weighted by Gasteiger charge is 2.10. The highest BCUT2D eigenvalue weighted by atomic mass is 32.2. The second-order valence-corrected chi connectivity index (χ2v) is 8.14. The summed E-state index contributed by atoms with van der Waals surface area (Å²) in [5, 5.41) is 4.24. The molecule has 0 unspecified atom stereocenters. The predicted octanol–water partition coefficient (Wildman–Crippen LogP) is 5.46. The van der Waals surface area contributed by atoms with Crippen molar-refractivity contribution in [1.82, 2.24) is 5.43 Å². The number of nitrogens with one attached hydrogen (secondary N) is 1. The van der Waals surface area contributed by atoms with Crippen LogP contribution in [0.4, 0.5) is 0 Å². The molecular weight excluding hydrogens is 348 g/mol. The molecule has 1 fully saturated rings. The summed E-state index contributed by atoms with van der Waals surface area (Å²) >= 11 is 3.17. The summed E-state index contributed by atoms with van der Waals surface area (Å²) in [5.74, 6) is -0.179. The van der Waals surface area contributed by atoms with Crippen molar-refractivity contribution in [2.45, 2.75) is 35.5 Å². The summed E-state index contributed by atoms with van der Waals surface area (Å²) in [6.07, 6.45) is 5.96. The Balaban J connectivity index is 1.72. The van der Waals surface area contributed by atoms with E-state index in [9.17, 15) is 4.79 Å². The monoisotopic (exact) mass is 368 g/mol. The standard InChI is InChI=1S/C20H20N2OS2/c23-19(22-21-16-9-7-8-10-16)15-20(24-17-11-3-1-4-12-17)25-18-13-5-2-6-14-18/h1-6,11-15H,7-10H2,(H,22,23). The van der Waals surface area contributed by atoms with Gasteiger partial charge >= 0.3 is 0 Å². The summed E-state index contributed by atoms with van der Waals surface area (Å²) in [7, 11) is 0. The quantitative estimate of drug-likeness (QED) is 0.418. The zero-order valence-electron chi connectivity index (χ0n) is 13.9. The van der Waals surface area contributed by atoms with E-state index in [2.05, 4.69) is 10.5 Å². The summed E-state index contributed by atoms with van der Waals surface area (Å²) in [6.45, 7) is 0. The van der Waals surface area contributed by atoms with Crippen LogP contribution >= 0.6 is 23.5 Å². The van der Waals surface area contributed by atoms with Gasteiger partial charge < -0.3 is 0 Å². The van der Waals surface area contributed by atoms with E-state index in [4.69, 9.17) is 0 Å². The van der Waals surface area contributed by atoms with E-state index in [1.807, 2.05) is 60.7 Å². The van der Waals surface area contributed by atoms with Crippen molar-refractivity contribution in [2.24, 2.45) is 5.10 Å². The molecule has 1 aliphatic rings. The van der Waals surface area contributed by atoms with E-state index < -0.39 is 0 Å². The van der Waals surface area contributed by atoms with Crippen molar-refractivity contribution in [2.75, 3.05) is 0 Å². The highest BCUT2D eigenvalue weighted by molar-refractivity contribution is 8.22. The molecule has 0 atom stereocenters. The lowest BCUT2D eigenvalue weighted by atomic mass is 10.3. The zero-order chi connectivity index (χ0) is 17.3. The Labute approximate surface area is 157 Å². The molecule has 1 amide bonds. The van der Waals surface area contributed by atoms with Crippen LogP contribution in [0.5, 0.6) is 0 Å². The third-order valence-corrected chi connectivity index (χ3v) is 5.83. The number of nitrogens with zero attached hydrogens (tertiary/aromatic N) is 1. The Hall–Kier alpha value is -1.98. The van der Waals surface area contributed by atoms with Gasteiger partial charge in [-0.2, -0.15) is 5.10 Å². The third kappa shape index (κ3) is 6.11. The molecular formula is C20H20N2OS2. The Bertz CT molecular complexity index is 706. The molecule has 0 aliphatic heterocycles. The fraction of sp³-hybridized carbons (Fsp3) is 0.200. The maximum atomic E-state index is 12.3. The Kier molecular flexibility index (Phi) is 6.77. The molecule has 128 valence electrons. The SMILES string of the molecule is O=C(C=C(Sc1ccccc1)Sc1ccccc1)NN=C1CCCC1. The lowest BCUT2D eigenvalue weighted by Gasteiger charge is -2.07. The van der Waals surface area contributed by atoms with E-state index >= 15 is 0 Å². The highest BCUT2D eigenvalue weighted by Crippen LogP contribution is 2.38. The van der Waals surface area contributed by atoms with Gasteiger partial charge in [-0.25, -0.2) is 5.43 Å². The Morgan fingerprint density at radius 2 is 1.40 bits per heavy atom. The van der Waals surface area contributed by atoms with E-state index in [0.717, 1.165) is 32.6 Å². The molecule has 3 nitrogen and oxygen atoms in total. The Morgan fingerprint density at radius 3 is 1.92 bits per heavy atom. The smallest absolute Gasteiger partial charge is 0.265 e. The Morgan fingerprint density at radius 1 is 0.880 bits per heavy atom. The van der Waals surface area contributed by atoms with Crippen molar-refractivity contribution in [3.63, 3.8) is 0 Å². The van der Waals surface area contributed by atoms with Gasteiger partial charge in [0.15, 0.2) is 0 Å². The first kappa shape index (κ1) is 17.8. The average molecular weight is 369 g/mol. The van der Waals surface area contributed by atoms with Crippen molar-refractivity contribution in [3.05, 3.63) is 71.0 Å². The topological polar surface area (TPSA) is 41.5 Å². The lowest BCUT2D eigenvalue weighted by Crippen LogP contribution is -2.16. The van der Waals surface area contributed by atoms with Crippen LogP contribution in [0.1, 0.15) is 25.7 Å². The molecule has 1 N–H and O–H groups in total. The molecule has 5 heteroatoms. The number of benzene rings is 2. The fourth-order valence-electron chi connectivity index (χ4n) is 2.46. The van der Waals surface area contributed by atoms with Crippen LogP contribution in [-0.4, -0.2) is 11.6 Å². The maximum absolute atomic E-state index is 12.3. The van der Waals surface area contributed by atoms with Crippen molar-refractivity contribution in [1.29, 1.82) is 0 Å². The van der Waals surface area contributed by atoms with Crippen molar-refractivity contribution < 1.29 is 4.79 Å². The first-order chi connectivity index (χ1) is 12.3. The molecule has 0 radical (unpaired) electrons. The fourth-order valence-corrected chi connectivity index (χ4v) is 4.58. The second kappa shape index (κ2) is 9.49. The molecule has 3 rings (SSSR count). The molecule has 25 heavy (non-hydrogen) atoms. The van der Waals surface area contributed by atoms with E-state index in [-0.39, 0.29) is 5.91 Å². The second-order valence-electron chi connectivity index (χ2n) is 5.65. The number of hydrogen-bond acceptors (Lipinski definition) is 4. The van der Waals surface area contributed by atoms with E-state index in [0.29, 0.717) is 0 Å². The van der Waals surface area contributed by atoms with Crippen LogP contribution in [0.2, 0.25) is 0 Å². The molecule has 0 aromatic heterocycles. The summed E-state index contributed by atoms with van der Waals surface area (Å²) in [6, 6.07) is 20.1. The van der Waals surface area contributed by atoms with Crippen molar-refractivity contribution in [3.8, 4) is 0 Å². The van der Waals surface area contributed by atoms with Crippen LogP contribution in [0, 0.1) is 0 Å². The maximum Gasteiger partial charge on any atom is 0.265 e. The molecule has 1 saturated carbocycles. The predicted molar refractivity (Wildman–Crippen MR) is 107 cm³/mol. The lowest BCUT2D eigenvalue weighted by molar-refractivity contribution is -0.116.